The average molecular weight is 490 g/mol. The molecule has 0 aliphatic carbocycles. The first-order valence-electron chi connectivity index (χ1n) is 11.4. The van der Waals surface area contributed by atoms with Gasteiger partial charge in [0.05, 0.1) is 18.0 Å². The minimum Gasteiger partial charge on any atom is -0.497 e. The van der Waals surface area contributed by atoms with Crippen LogP contribution in [0.4, 0.5) is 0 Å². The van der Waals surface area contributed by atoms with Gasteiger partial charge in [-0.3, -0.25) is 4.90 Å². The highest BCUT2D eigenvalue weighted by Gasteiger charge is 2.32. The van der Waals surface area contributed by atoms with Gasteiger partial charge in [0, 0.05) is 13.1 Å². The summed E-state index contributed by atoms with van der Waals surface area (Å²) in [5.74, 6) is 0.901. The van der Waals surface area contributed by atoms with E-state index in [2.05, 4.69) is 38.6 Å². The monoisotopic (exact) mass is 489 g/mol. The fourth-order valence-corrected chi connectivity index (χ4v) is 5.73. The molecule has 180 valence electrons. The van der Waals surface area contributed by atoms with Gasteiger partial charge in [-0.15, -0.1) is 5.10 Å². The predicted molar refractivity (Wildman–Crippen MR) is 132 cm³/mol. The van der Waals surface area contributed by atoms with Crippen LogP contribution in [0.3, 0.4) is 0 Å². The lowest BCUT2D eigenvalue weighted by atomic mass is 9.96. The number of benzene rings is 3. The van der Waals surface area contributed by atoms with Crippen LogP contribution in [-0.4, -0.2) is 47.2 Å². The Morgan fingerprint density at radius 3 is 2.40 bits per heavy atom. The predicted octanol–water partition coefficient (Wildman–Crippen LogP) is 3.57. The molecule has 0 N–H and O–H groups in total. The Balaban J connectivity index is 1.53. The van der Waals surface area contributed by atoms with Crippen LogP contribution in [0, 0.1) is 6.92 Å². The van der Waals surface area contributed by atoms with Gasteiger partial charge in [-0.05, 0) is 64.7 Å². The molecule has 0 bridgehead atoms. The number of aryl methyl sites for hydroxylation is 1. The highest BCUT2D eigenvalue weighted by Crippen LogP contribution is 2.33. The Hall–Kier alpha value is -3.56. The van der Waals surface area contributed by atoms with Crippen molar-refractivity contribution < 1.29 is 13.2 Å². The third-order valence-corrected chi connectivity index (χ3v) is 8.01. The molecule has 1 atom stereocenters. The van der Waals surface area contributed by atoms with Gasteiger partial charge < -0.3 is 4.74 Å². The first-order valence-corrected chi connectivity index (χ1v) is 13.1. The summed E-state index contributed by atoms with van der Waals surface area (Å²) in [4.78, 5) is 2.54. The summed E-state index contributed by atoms with van der Waals surface area (Å²) in [6, 6.07) is 22.7. The quantitative estimate of drug-likeness (QED) is 0.392. The standard InChI is InChI=1S/C26H27N5O3S/c1-19-7-13-24(14-8-19)35(32,33)18-31-26(27-28-29-31)25(21-9-11-23(34-2)12-10-21)30-16-15-20-5-3-4-6-22(20)17-30/h3-14,25H,15-18H2,1-2H3. The molecule has 0 saturated heterocycles. The molecule has 0 fully saturated rings. The maximum absolute atomic E-state index is 13.2. The van der Waals surface area contributed by atoms with E-state index in [4.69, 9.17) is 4.74 Å². The number of tetrazole rings is 1. The summed E-state index contributed by atoms with van der Waals surface area (Å²) in [5, 5.41) is 12.3. The van der Waals surface area contributed by atoms with Crippen molar-refractivity contribution in [1.82, 2.24) is 25.1 Å². The lowest BCUT2D eigenvalue weighted by molar-refractivity contribution is 0.195. The minimum absolute atomic E-state index is 0.248. The lowest BCUT2D eigenvalue weighted by Gasteiger charge is -2.35. The van der Waals surface area contributed by atoms with E-state index >= 15 is 0 Å². The van der Waals surface area contributed by atoms with Crippen molar-refractivity contribution in [2.45, 2.75) is 36.7 Å². The molecule has 1 aliphatic heterocycles. The maximum atomic E-state index is 13.2. The van der Waals surface area contributed by atoms with Crippen molar-refractivity contribution in [3.05, 3.63) is 101 Å². The number of fused-ring (bicyclic) bond motifs is 1. The van der Waals surface area contributed by atoms with Crippen molar-refractivity contribution in [3.63, 3.8) is 0 Å². The zero-order valence-electron chi connectivity index (χ0n) is 19.7. The molecule has 0 radical (unpaired) electrons. The molecule has 3 aromatic carbocycles. The van der Waals surface area contributed by atoms with Crippen molar-refractivity contribution in [2.24, 2.45) is 0 Å². The van der Waals surface area contributed by atoms with E-state index in [1.165, 1.54) is 15.8 Å². The molecular weight excluding hydrogens is 462 g/mol. The molecular formula is C26H27N5O3S. The summed E-state index contributed by atoms with van der Waals surface area (Å²) in [5.41, 5.74) is 4.55. The summed E-state index contributed by atoms with van der Waals surface area (Å²) in [7, 11) is -2.02. The second kappa shape index (κ2) is 9.59. The summed E-state index contributed by atoms with van der Waals surface area (Å²) < 4.78 is 33.1. The second-order valence-corrected chi connectivity index (χ2v) is 10.7. The molecule has 0 saturated carbocycles. The number of hydrogen-bond donors (Lipinski definition) is 0. The van der Waals surface area contributed by atoms with Crippen molar-refractivity contribution in [1.29, 1.82) is 0 Å². The summed E-state index contributed by atoms with van der Waals surface area (Å²) in [6.45, 7) is 3.43. The van der Waals surface area contributed by atoms with Gasteiger partial charge in [-0.2, -0.15) is 0 Å². The third kappa shape index (κ3) is 4.82. The Morgan fingerprint density at radius 1 is 0.971 bits per heavy atom. The molecule has 8 nitrogen and oxygen atoms in total. The van der Waals surface area contributed by atoms with Crippen LogP contribution in [0.5, 0.6) is 5.75 Å². The number of aromatic nitrogens is 4. The first-order chi connectivity index (χ1) is 16.9. The van der Waals surface area contributed by atoms with Gasteiger partial charge in [-0.25, -0.2) is 13.1 Å². The van der Waals surface area contributed by atoms with Gasteiger partial charge >= 0.3 is 0 Å². The van der Waals surface area contributed by atoms with Crippen LogP contribution >= 0.6 is 0 Å². The molecule has 0 spiro atoms. The number of hydrogen-bond acceptors (Lipinski definition) is 7. The third-order valence-electron chi connectivity index (χ3n) is 6.43. The van der Waals surface area contributed by atoms with Gasteiger partial charge in [0.1, 0.15) is 5.75 Å². The normalized spacial score (nSPS) is 14.9. The highest BCUT2D eigenvalue weighted by atomic mass is 32.2. The molecule has 5 rings (SSSR count). The minimum atomic E-state index is -3.65. The van der Waals surface area contributed by atoms with Crippen LogP contribution in [0.2, 0.25) is 0 Å². The Morgan fingerprint density at radius 2 is 1.69 bits per heavy atom. The fourth-order valence-electron chi connectivity index (χ4n) is 4.53. The average Bonchev–Trinajstić information content (AvgIpc) is 3.31. The fraction of sp³-hybridized carbons (Fsp3) is 0.269. The molecule has 1 unspecified atom stereocenters. The molecule has 0 amide bonds. The summed E-state index contributed by atoms with van der Waals surface area (Å²) >= 11 is 0. The highest BCUT2D eigenvalue weighted by molar-refractivity contribution is 7.90. The van der Waals surface area contributed by atoms with E-state index < -0.39 is 9.84 Å². The van der Waals surface area contributed by atoms with Crippen molar-refractivity contribution in [2.75, 3.05) is 13.7 Å². The van der Waals surface area contributed by atoms with Crippen molar-refractivity contribution >= 4 is 9.84 Å². The smallest absolute Gasteiger partial charge is 0.198 e. The Labute approximate surface area is 205 Å². The maximum Gasteiger partial charge on any atom is 0.198 e. The number of nitrogens with zero attached hydrogens (tertiary/aromatic N) is 5. The first kappa shape index (κ1) is 23.2. The molecule has 1 aromatic heterocycles. The number of sulfone groups is 1. The van der Waals surface area contributed by atoms with Gasteiger partial charge in [0.2, 0.25) is 0 Å². The zero-order valence-corrected chi connectivity index (χ0v) is 20.5. The van der Waals surface area contributed by atoms with Gasteiger partial charge in [0.25, 0.3) is 0 Å². The molecule has 2 heterocycles. The number of methoxy groups -OCH3 is 1. The SMILES string of the molecule is COc1ccc(C(c2nnnn2CS(=O)(=O)c2ccc(C)cc2)N2CCc3ccccc3C2)cc1. The zero-order chi connectivity index (χ0) is 24.4. The molecule has 9 heteroatoms. The molecule has 1 aliphatic rings. The molecule has 4 aromatic rings. The van der Waals surface area contributed by atoms with E-state index in [1.54, 1.807) is 31.4 Å². The topological polar surface area (TPSA) is 90.2 Å². The Kier molecular flexibility index (Phi) is 6.36. The van der Waals surface area contributed by atoms with Gasteiger partial charge in [0.15, 0.2) is 21.5 Å². The van der Waals surface area contributed by atoms with Crippen molar-refractivity contribution in [3.8, 4) is 5.75 Å². The number of rotatable bonds is 7. The van der Waals surface area contributed by atoms with Crippen LogP contribution in [0.1, 0.15) is 34.1 Å². The van der Waals surface area contributed by atoms with Crippen LogP contribution in [-0.2, 0) is 28.7 Å². The van der Waals surface area contributed by atoms with E-state index in [9.17, 15) is 8.42 Å². The van der Waals surface area contributed by atoms with E-state index in [0.717, 1.165) is 29.8 Å². The van der Waals surface area contributed by atoms with E-state index in [1.807, 2.05) is 37.3 Å². The Bertz CT molecular complexity index is 1420. The largest absolute Gasteiger partial charge is 0.497 e. The van der Waals surface area contributed by atoms with E-state index in [-0.39, 0.29) is 16.8 Å². The summed E-state index contributed by atoms with van der Waals surface area (Å²) in [6.07, 6.45) is 0.895. The lowest BCUT2D eigenvalue weighted by Crippen LogP contribution is -2.36. The second-order valence-electron chi connectivity index (χ2n) is 8.76. The van der Waals surface area contributed by atoms with E-state index in [0.29, 0.717) is 12.4 Å². The van der Waals surface area contributed by atoms with Crippen LogP contribution in [0.25, 0.3) is 0 Å². The van der Waals surface area contributed by atoms with Crippen LogP contribution in [0.15, 0.2) is 77.7 Å². The van der Waals surface area contributed by atoms with Crippen LogP contribution < -0.4 is 4.74 Å². The number of ether oxygens (including phenoxy) is 1. The van der Waals surface area contributed by atoms with Gasteiger partial charge in [-0.1, -0.05) is 54.1 Å². The molecule has 35 heavy (non-hydrogen) atoms.